The first-order valence-corrected chi connectivity index (χ1v) is 7.51. The fourth-order valence-corrected chi connectivity index (χ4v) is 3.17. The van der Waals surface area contributed by atoms with Crippen molar-refractivity contribution < 1.29 is 0 Å². The number of aryl methyl sites for hydroxylation is 1. The largest absolute Gasteiger partial charge is 0.374 e. The van der Waals surface area contributed by atoms with Gasteiger partial charge in [0.2, 0.25) is 0 Å². The van der Waals surface area contributed by atoms with E-state index in [1.165, 1.54) is 35.0 Å². The van der Waals surface area contributed by atoms with Crippen molar-refractivity contribution in [3.8, 4) is 11.3 Å². The molecule has 1 aliphatic heterocycles. The molecule has 2 heteroatoms. The smallest absolute Gasteiger partial charge is 0.0709 e. The van der Waals surface area contributed by atoms with Crippen LogP contribution in [0.1, 0.15) is 12.0 Å². The second-order valence-corrected chi connectivity index (χ2v) is 5.76. The molecule has 0 spiro atoms. The standard InChI is InChI=1S/C19H18N2/c1-21-12-4-6-16-13-15(9-11-19(16)21)18-10-8-14-5-2-3-7-17(14)20-18/h2-3,5,7-11,13H,4,6,12H2,1H3. The van der Waals surface area contributed by atoms with E-state index in [4.69, 9.17) is 4.98 Å². The van der Waals surface area contributed by atoms with Crippen LogP contribution in [0, 0.1) is 0 Å². The Labute approximate surface area is 125 Å². The maximum absolute atomic E-state index is 4.80. The van der Waals surface area contributed by atoms with Gasteiger partial charge in [-0.3, -0.25) is 0 Å². The minimum Gasteiger partial charge on any atom is -0.374 e. The summed E-state index contributed by atoms with van der Waals surface area (Å²) in [7, 11) is 2.17. The van der Waals surface area contributed by atoms with E-state index in [0.29, 0.717) is 0 Å². The van der Waals surface area contributed by atoms with Gasteiger partial charge in [0.1, 0.15) is 0 Å². The molecule has 2 heterocycles. The van der Waals surface area contributed by atoms with Crippen LogP contribution in [0.4, 0.5) is 5.69 Å². The monoisotopic (exact) mass is 274 g/mol. The van der Waals surface area contributed by atoms with E-state index in [9.17, 15) is 0 Å². The molecule has 0 radical (unpaired) electrons. The Balaban J connectivity index is 1.81. The van der Waals surface area contributed by atoms with Gasteiger partial charge in [-0.05, 0) is 42.7 Å². The van der Waals surface area contributed by atoms with Gasteiger partial charge in [-0.25, -0.2) is 4.98 Å². The number of fused-ring (bicyclic) bond motifs is 2. The third kappa shape index (κ3) is 2.17. The van der Waals surface area contributed by atoms with Crippen LogP contribution in [0.2, 0.25) is 0 Å². The Morgan fingerprint density at radius 2 is 1.90 bits per heavy atom. The van der Waals surface area contributed by atoms with Gasteiger partial charge >= 0.3 is 0 Å². The lowest BCUT2D eigenvalue weighted by Gasteiger charge is -2.27. The normalized spacial score (nSPS) is 14.2. The van der Waals surface area contributed by atoms with Gasteiger partial charge in [-0.2, -0.15) is 0 Å². The fraction of sp³-hybridized carbons (Fsp3) is 0.211. The van der Waals surface area contributed by atoms with E-state index in [-0.39, 0.29) is 0 Å². The molecule has 0 saturated carbocycles. The number of rotatable bonds is 1. The summed E-state index contributed by atoms with van der Waals surface area (Å²) in [6.45, 7) is 1.15. The number of para-hydroxylation sites is 1. The highest BCUT2D eigenvalue weighted by molar-refractivity contribution is 5.81. The zero-order valence-electron chi connectivity index (χ0n) is 12.2. The molecule has 0 saturated heterocycles. The number of benzene rings is 2. The molecule has 0 aliphatic carbocycles. The van der Waals surface area contributed by atoms with Crippen LogP contribution in [0.15, 0.2) is 54.6 Å². The number of hydrogen-bond donors (Lipinski definition) is 0. The zero-order valence-corrected chi connectivity index (χ0v) is 12.2. The molecule has 0 atom stereocenters. The molecule has 0 bridgehead atoms. The first-order valence-electron chi connectivity index (χ1n) is 7.51. The number of hydrogen-bond acceptors (Lipinski definition) is 2. The van der Waals surface area contributed by atoms with E-state index in [1.54, 1.807) is 0 Å². The van der Waals surface area contributed by atoms with E-state index in [0.717, 1.165) is 17.8 Å². The Morgan fingerprint density at radius 3 is 2.86 bits per heavy atom. The van der Waals surface area contributed by atoms with Gasteiger partial charge in [0.25, 0.3) is 0 Å². The number of anilines is 1. The summed E-state index contributed by atoms with van der Waals surface area (Å²) >= 11 is 0. The molecule has 1 aliphatic rings. The summed E-state index contributed by atoms with van der Waals surface area (Å²) in [5.74, 6) is 0. The van der Waals surface area contributed by atoms with Crippen LogP contribution in [0.3, 0.4) is 0 Å². The lowest BCUT2D eigenvalue weighted by atomic mass is 9.98. The minimum atomic E-state index is 1.06. The maximum atomic E-state index is 4.80. The van der Waals surface area contributed by atoms with Gasteiger partial charge in [0, 0.05) is 30.2 Å². The Morgan fingerprint density at radius 1 is 1.00 bits per heavy atom. The molecule has 1 aromatic heterocycles. The molecular weight excluding hydrogens is 256 g/mol. The predicted molar refractivity (Wildman–Crippen MR) is 88.8 cm³/mol. The molecule has 0 fully saturated rings. The lowest BCUT2D eigenvalue weighted by Crippen LogP contribution is -2.24. The molecular formula is C19H18N2. The van der Waals surface area contributed by atoms with Crippen molar-refractivity contribution >= 4 is 16.6 Å². The quantitative estimate of drug-likeness (QED) is 0.658. The second kappa shape index (κ2) is 4.88. The SMILES string of the molecule is CN1CCCc2cc(-c3ccc4ccccc4n3)ccc21. The van der Waals surface area contributed by atoms with Crippen LogP contribution in [-0.4, -0.2) is 18.6 Å². The minimum absolute atomic E-state index is 1.06. The summed E-state index contributed by atoms with van der Waals surface area (Å²) in [4.78, 5) is 7.14. The van der Waals surface area contributed by atoms with E-state index in [1.807, 2.05) is 6.07 Å². The van der Waals surface area contributed by atoms with Gasteiger partial charge < -0.3 is 4.90 Å². The first kappa shape index (κ1) is 12.4. The van der Waals surface area contributed by atoms with E-state index in [2.05, 4.69) is 60.5 Å². The highest BCUT2D eigenvalue weighted by atomic mass is 15.1. The van der Waals surface area contributed by atoms with Crippen molar-refractivity contribution in [1.29, 1.82) is 0 Å². The van der Waals surface area contributed by atoms with Crippen LogP contribution in [0.25, 0.3) is 22.2 Å². The first-order chi connectivity index (χ1) is 10.3. The van der Waals surface area contributed by atoms with E-state index < -0.39 is 0 Å². The third-order valence-corrected chi connectivity index (χ3v) is 4.32. The molecule has 2 nitrogen and oxygen atoms in total. The highest BCUT2D eigenvalue weighted by Gasteiger charge is 2.14. The number of aromatic nitrogens is 1. The zero-order chi connectivity index (χ0) is 14.2. The summed E-state index contributed by atoms with van der Waals surface area (Å²) < 4.78 is 0. The average molecular weight is 274 g/mol. The predicted octanol–water partition coefficient (Wildman–Crippen LogP) is 4.28. The van der Waals surface area contributed by atoms with Crippen LogP contribution in [-0.2, 0) is 6.42 Å². The summed E-state index contributed by atoms with van der Waals surface area (Å²) in [5, 5.41) is 1.19. The van der Waals surface area contributed by atoms with Gasteiger partial charge in [-0.1, -0.05) is 30.3 Å². The van der Waals surface area contributed by atoms with Crippen molar-refractivity contribution in [2.24, 2.45) is 0 Å². The van der Waals surface area contributed by atoms with Crippen molar-refractivity contribution in [2.75, 3.05) is 18.5 Å². The summed E-state index contributed by atoms with van der Waals surface area (Å²) in [6, 6.07) is 19.3. The summed E-state index contributed by atoms with van der Waals surface area (Å²) in [6.07, 6.45) is 2.40. The molecule has 0 N–H and O–H groups in total. The van der Waals surface area contributed by atoms with Gasteiger partial charge in [-0.15, -0.1) is 0 Å². The summed E-state index contributed by atoms with van der Waals surface area (Å²) in [5.41, 5.74) is 6.14. The third-order valence-electron chi connectivity index (χ3n) is 4.32. The van der Waals surface area contributed by atoms with Crippen molar-refractivity contribution in [2.45, 2.75) is 12.8 Å². The van der Waals surface area contributed by atoms with Crippen LogP contribution < -0.4 is 4.90 Å². The number of pyridine rings is 1. The fourth-order valence-electron chi connectivity index (χ4n) is 3.17. The molecule has 2 aromatic carbocycles. The van der Waals surface area contributed by atoms with Crippen LogP contribution >= 0.6 is 0 Å². The Kier molecular flexibility index (Phi) is 2.88. The topological polar surface area (TPSA) is 16.1 Å². The van der Waals surface area contributed by atoms with Gasteiger partial charge in [0.05, 0.1) is 11.2 Å². The second-order valence-electron chi connectivity index (χ2n) is 5.76. The molecule has 21 heavy (non-hydrogen) atoms. The van der Waals surface area contributed by atoms with Crippen LogP contribution in [0.5, 0.6) is 0 Å². The van der Waals surface area contributed by atoms with Crippen molar-refractivity contribution in [1.82, 2.24) is 4.98 Å². The Bertz CT molecular complexity index is 808. The Hall–Kier alpha value is -2.35. The average Bonchev–Trinajstić information content (AvgIpc) is 2.54. The lowest BCUT2D eigenvalue weighted by molar-refractivity contribution is 0.745. The molecule has 104 valence electrons. The molecule has 0 amide bonds. The molecule has 3 aromatic rings. The molecule has 0 unspecified atom stereocenters. The number of nitrogens with zero attached hydrogens (tertiary/aromatic N) is 2. The van der Waals surface area contributed by atoms with E-state index >= 15 is 0 Å². The van der Waals surface area contributed by atoms with Crippen molar-refractivity contribution in [3.63, 3.8) is 0 Å². The highest BCUT2D eigenvalue weighted by Crippen LogP contribution is 2.30. The van der Waals surface area contributed by atoms with Crippen molar-refractivity contribution in [3.05, 3.63) is 60.2 Å². The maximum Gasteiger partial charge on any atom is 0.0709 e. The molecule has 4 rings (SSSR count). The van der Waals surface area contributed by atoms with Gasteiger partial charge in [0.15, 0.2) is 0 Å².